The average Bonchev–Trinajstić information content (AvgIpc) is 2.64. The number of piperidine rings is 1. The van der Waals surface area contributed by atoms with Crippen LogP contribution in [0.25, 0.3) is 10.9 Å². The first-order chi connectivity index (χ1) is 9.50. The monoisotopic (exact) mass is 273 g/mol. The molecule has 0 bridgehead atoms. The first-order valence-electron chi connectivity index (χ1n) is 6.51. The molecule has 2 aromatic rings. The molecule has 104 valence electrons. The number of hydrogen-bond donors (Lipinski definition) is 1. The molecule has 20 heavy (non-hydrogen) atoms. The number of amides is 2. The lowest BCUT2D eigenvalue weighted by atomic mass is 10.1. The number of para-hydroxylation sites is 1. The van der Waals surface area contributed by atoms with Gasteiger partial charge in [-0.05, 0) is 25.0 Å². The Hall–Kier alpha value is -2.37. The van der Waals surface area contributed by atoms with Crippen LogP contribution in [0.4, 0.5) is 0 Å². The highest BCUT2D eigenvalue weighted by Gasteiger charge is 2.31. The van der Waals surface area contributed by atoms with Gasteiger partial charge in [0.1, 0.15) is 6.04 Å². The number of nitrogens with zero attached hydrogens (tertiary/aromatic N) is 2. The van der Waals surface area contributed by atoms with Crippen molar-refractivity contribution in [2.24, 2.45) is 7.05 Å². The van der Waals surface area contributed by atoms with Crippen LogP contribution in [-0.2, 0) is 16.6 Å². The molecule has 1 aliphatic heterocycles. The lowest BCUT2D eigenvalue weighted by Crippen LogP contribution is -2.45. The first kappa shape index (κ1) is 12.7. The molecular formula is C14H15N3O3. The van der Waals surface area contributed by atoms with E-state index in [1.807, 2.05) is 19.1 Å². The van der Waals surface area contributed by atoms with E-state index in [0.29, 0.717) is 11.8 Å². The molecule has 1 atom stereocenters. The molecule has 0 radical (unpaired) electrons. The number of carbonyl (C=O) groups is 2. The van der Waals surface area contributed by atoms with Crippen LogP contribution in [0.15, 0.2) is 23.0 Å². The minimum absolute atomic E-state index is 0.194. The third kappa shape index (κ3) is 1.68. The minimum atomic E-state index is -0.628. The predicted molar refractivity (Wildman–Crippen MR) is 73.3 cm³/mol. The Morgan fingerprint density at radius 2 is 2.00 bits per heavy atom. The van der Waals surface area contributed by atoms with Gasteiger partial charge in [0.15, 0.2) is 0 Å². The Morgan fingerprint density at radius 1 is 1.25 bits per heavy atom. The fraction of sp³-hybridized carbons (Fsp3) is 0.357. The van der Waals surface area contributed by atoms with E-state index in [-0.39, 0.29) is 17.9 Å². The minimum Gasteiger partial charge on any atom is -0.295 e. The summed E-state index contributed by atoms with van der Waals surface area (Å²) in [5.41, 5.74) is 1.61. The zero-order valence-corrected chi connectivity index (χ0v) is 11.3. The zero-order valence-electron chi connectivity index (χ0n) is 11.3. The van der Waals surface area contributed by atoms with Crippen LogP contribution in [0.1, 0.15) is 24.4 Å². The van der Waals surface area contributed by atoms with Gasteiger partial charge in [-0.2, -0.15) is 0 Å². The summed E-state index contributed by atoms with van der Waals surface area (Å²) < 4.78 is 3.16. The maximum atomic E-state index is 12.5. The highest BCUT2D eigenvalue weighted by Crippen LogP contribution is 2.21. The van der Waals surface area contributed by atoms with Crippen molar-refractivity contribution < 1.29 is 9.59 Å². The molecular weight excluding hydrogens is 258 g/mol. The van der Waals surface area contributed by atoms with E-state index in [4.69, 9.17) is 0 Å². The summed E-state index contributed by atoms with van der Waals surface area (Å²) in [6.45, 7) is 1.93. The summed E-state index contributed by atoms with van der Waals surface area (Å²) in [6.07, 6.45) is 0.608. The predicted octanol–water partition coefficient (Wildman–Crippen LogP) is 0.626. The van der Waals surface area contributed by atoms with Crippen LogP contribution in [0.5, 0.6) is 0 Å². The molecule has 2 heterocycles. The SMILES string of the molecule is Cc1cccc2c(=O)n(C3CCC(=O)NC3=O)n(C)c12. The summed E-state index contributed by atoms with van der Waals surface area (Å²) in [5, 5.41) is 2.88. The molecule has 1 unspecified atom stereocenters. The largest absolute Gasteiger partial charge is 0.295 e. The number of rotatable bonds is 1. The van der Waals surface area contributed by atoms with Crippen molar-refractivity contribution in [1.82, 2.24) is 14.7 Å². The first-order valence-corrected chi connectivity index (χ1v) is 6.51. The average molecular weight is 273 g/mol. The van der Waals surface area contributed by atoms with Gasteiger partial charge in [0, 0.05) is 13.5 Å². The highest BCUT2D eigenvalue weighted by molar-refractivity contribution is 5.99. The Balaban J connectivity index is 2.22. The maximum Gasteiger partial charge on any atom is 0.275 e. The van der Waals surface area contributed by atoms with E-state index in [1.165, 1.54) is 4.68 Å². The molecule has 2 amide bonds. The van der Waals surface area contributed by atoms with E-state index in [0.717, 1.165) is 11.1 Å². The molecule has 1 aliphatic rings. The fourth-order valence-electron chi connectivity index (χ4n) is 2.89. The van der Waals surface area contributed by atoms with Crippen molar-refractivity contribution in [3.63, 3.8) is 0 Å². The number of fused-ring (bicyclic) bond motifs is 1. The third-order valence-corrected chi connectivity index (χ3v) is 3.83. The third-order valence-electron chi connectivity index (χ3n) is 3.83. The van der Waals surface area contributed by atoms with Crippen LogP contribution in [0.3, 0.4) is 0 Å². The number of nitrogens with one attached hydrogen (secondary N) is 1. The molecule has 6 nitrogen and oxygen atoms in total. The number of imide groups is 1. The van der Waals surface area contributed by atoms with Crippen LogP contribution in [0, 0.1) is 6.92 Å². The molecule has 0 aliphatic carbocycles. The van der Waals surface area contributed by atoms with Gasteiger partial charge in [0.05, 0.1) is 10.9 Å². The summed E-state index contributed by atoms with van der Waals surface area (Å²) in [4.78, 5) is 35.7. The lowest BCUT2D eigenvalue weighted by molar-refractivity contribution is -0.136. The van der Waals surface area contributed by atoms with Crippen molar-refractivity contribution in [1.29, 1.82) is 0 Å². The van der Waals surface area contributed by atoms with Gasteiger partial charge in [0.25, 0.3) is 11.5 Å². The van der Waals surface area contributed by atoms with Gasteiger partial charge in [-0.15, -0.1) is 0 Å². The second-order valence-corrected chi connectivity index (χ2v) is 5.11. The van der Waals surface area contributed by atoms with E-state index in [2.05, 4.69) is 5.32 Å². The Bertz CT molecular complexity index is 785. The second-order valence-electron chi connectivity index (χ2n) is 5.11. The number of hydrogen-bond acceptors (Lipinski definition) is 3. The van der Waals surface area contributed by atoms with Crippen molar-refractivity contribution in [2.75, 3.05) is 0 Å². The van der Waals surface area contributed by atoms with Gasteiger partial charge in [-0.1, -0.05) is 12.1 Å². The van der Waals surface area contributed by atoms with Gasteiger partial charge in [0.2, 0.25) is 5.91 Å². The fourth-order valence-corrected chi connectivity index (χ4v) is 2.89. The molecule has 1 N–H and O–H groups in total. The Morgan fingerprint density at radius 3 is 2.65 bits per heavy atom. The molecule has 6 heteroatoms. The number of carbonyl (C=O) groups excluding carboxylic acids is 2. The van der Waals surface area contributed by atoms with E-state index < -0.39 is 11.9 Å². The topological polar surface area (TPSA) is 73.1 Å². The van der Waals surface area contributed by atoms with Crippen molar-refractivity contribution in [2.45, 2.75) is 25.8 Å². The van der Waals surface area contributed by atoms with Crippen LogP contribution in [0.2, 0.25) is 0 Å². The molecule has 3 rings (SSSR count). The summed E-state index contributed by atoms with van der Waals surface area (Å²) in [7, 11) is 1.76. The molecule has 1 aromatic carbocycles. The van der Waals surface area contributed by atoms with Crippen molar-refractivity contribution in [3.8, 4) is 0 Å². The smallest absolute Gasteiger partial charge is 0.275 e. The van der Waals surface area contributed by atoms with Crippen LogP contribution >= 0.6 is 0 Å². The number of aryl methyl sites for hydroxylation is 2. The van der Waals surface area contributed by atoms with Gasteiger partial charge >= 0.3 is 0 Å². The Labute approximate surface area is 115 Å². The van der Waals surface area contributed by atoms with Gasteiger partial charge < -0.3 is 0 Å². The second kappa shape index (κ2) is 4.33. The van der Waals surface area contributed by atoms with Gasteiger partial charge in [-0.3, -0.25) is 24.4 Å². The van der Waals surface area contributed by atoms with Crippen LogP contribution < -0.4 is 10.9 Å². The lowest BCUT2D eigenvalue weighted by Gasteiger charge is -2.23. The van der Waals surface area contributed by atoms with E-state index >= 15 is 0 Å². The van der Waals surface area contributed by atoms with Gasteiger partial charge in [-0.25, -0.2) is 4.68 Å². The molecule has 1 saturated heterocycles. The summed E-state index contributed by atoms with van der Waals surface area (Å²) in [5.74, 6) is -0.693. The highest BCUT2D eigenvalue weighted by atomic mass is 16.2. The number of aromatic nitrogens is 2. The quantitative estimate of drug-likeness (QED) is 0.774. The van der Waals surface area contributed by atoms with Crippen LogP contribution in [-0.4, -0.2) is 21.2 Å². The molecule has 1 fully saturated rings. The van der Waals surface area contributed by atoms with Crippen molar-refractivity contribution in [3.05, 3.63) is 34.1 Å². The zero-order chi connectivity index (χ0) is 14.4. The van der Waals surface area contributed by atoms with Crippen molar-refractivity contribution >= 4 is 22.7 Å². The summed E-state index contributed by atoms with van der Waals surface area (Å²) in [6, 6.07) is 4.88. The number of benzene rings is 1. The standard InChI is InChI=1S/C14H15N3O3/c1-8-4-3-5-9-12(8)16(2)17(14(9)20)10-6-7-11(18)15-13(10)19/h3-5,10H,6-7H2,1-2H3,(H,15,18,19). The van der Waals surface area contributed by atoms with E-state index in [9.17, 15) is 14.4 Å². The maximum absolute atomic E-state index is 12.5. The Kier molecular flexibility index (Phi) is 2.74. The molecule has 0 saturated carbocycles. The summed E-state index contributed by atoms with van der Waals surface area (Å²) >= 11 is 0. The molecule has 0 spiro atoms. The normalized spacial score (nSPS) is 19.4. The molecule has 1 aromatic heterocycles. The van der Waals surface area contributed by atoms with E-state index in [1.54, 1.807) is 17.8 Å².